The summed E-state index contributed by atoms with van der Waals surface area (Å²) in [5, 5.41) is 40.1. The van der Waals surface area contributed by atoms with E-state index in [1.807, 2.05) is 27.0 Å². The third kappa shape index (κ3) is 50.6. The van der Waals surface area contributed by atoms with Crippen molar-refractivity contribution in [2.24, 2.45) is 5.73 Å². The van der Waals surface area contributed by atoms with Crippen molar-refractivity contribution in [3.63, 3.8) is 0 Å². The Hall–Kier alpha value is -0.200. The summed E-state index contributed by atoms with van der Waals surface area (Å²) in [5.74, 6) is 1.71. The molecule has 0 bridgehead atoms. The molecule has 0 saturated carbocycles. The van der Waals surface area contributed by atoms with Gasteiger partial charge >= 0.3 is 5.97 Å². The van der Waals surface area contributed by atoms with Crippen LogP contribution in [0.1, 0.15) is 6.92 Å². The molecule has 1 saturated heterocycles. The van der Waals surface area contributed by atoms with Crippen LogP contribution in [0.2, 0.25) is 0 Å². The zero-order valence-electron chi connectivity index (χ0n) is 26.1. The highest BCUT2D eigenvalue weighted by molar-refractivity contribution is 9.08. The van der Waals surface area contributed by atoms with Crippen molar-refractivity contribution in [1.29, 1.82) is 0 Å². The third-order valence-electron chi connectivity index (χ3n) is 4.69. The Labute approximate surface area is 258 Å². The summed E-state index contributed by atoms with van der Waals surface area (Å²) < 4.78 is 4.79. The predicted molar refractivity (Wildman–Crippen MR) is 174 cm³/mol. The summed E-state index contributed by atoms with van der Waals surface area (Å²) in [6.45, 7) is 15.0. The topological polar surface area (TPSA) is 180 Å². The Morgan fingerprint density at radius 2 is 1.43 bits per heavy atom. The van der Waals surface area contributed by atoms with Gasteiger partial charge in [-0.15, -0.1) is 11.6 Å². The number of carbonyl (C=O) groups is 1. The summed E-state index contributed by atoms with van der Waals surface area (Å²) in [4.78, 5) is 15.0. The molecular formula is C25H64BrClN8O5. The van der Waals surface area contributed by atoms with Crippen molar-refractivity contribution < 1.29 is 24.9 Å². The molecule has 0 aromatic carbocycles. The number of alkyl halides is 2. The molecule has 0 spiro atoms. The summed E-state index contributed by atoms with van der Waals surface area (Å²) in [7, 11) is 5.75. The van der Waals surface area contributed by atoms with Gasteiger partial charge in [0.15, 0.2) is 0 Å². The van der Waals surface area contributed by atoms with Gasteiger partial charge in [-0.1, -0.05) is 22.9 Å². The molecule has 40 heavy (non-hydrogen) atoms. The van der Waals surface area contributed by atoms with Crippen molar-refractivity contribution in [3.05, 3.63) is 0 Å². The molecule has 0 amide bonds. The number of hydrogen-bond donors (Lipinski definition) is 9. The van der Waals surface area contributed by atoms with Crippen LogP contribution in [0.3, 0.4) is 0 Å². The Kier molecular flexibility index (Phi) is 63.7. The van der Waals surface area contributed by atoms with Gasteiger partial charge in [0.2, 0.25) is 0 Å². The second kappa shape index (κ2) is 51.5. The highest BCUT2D eigenvalue weighted by Gasteiger charge is 2.16. The number of hydrogen-bond acceptors (Lipinski definition) is 13. The number of aliphatic hydroxyl groups is 3. The standard InChI is InChI=1S/C7H14N2O2.C7H18N2O.C5H14N2O.C4H12N2O.CH3Br.CH3Cl/c1-8-2-3-9-4-5-11-7(10)6-9;1-3-9(6-7-10)5-4-8-2;1-6-2-3-7-4-5-8;5-1-2-6-3-4-7;2*1-2/h8H,2-6H2,1H3;8,10H,3-7H2,1-2H3;6-8H,2-5H2,1H3;6-7H,1-5H2;2*1H3. The number of nitrogens with zero attached hydrogens (tertiary/aromatic N) is 2. The number of carbonyl (C=O) groups excluding carboxylic acids is 1. The Bertz CT molecular complexity index is 419. The van der Waals surface area contributed by atoms with Crippen LogP contribution in [-0.4, -0.2) is 183 Å². The maximum atomic E-state index is 10.8. The van der Waals surface area contributed by atoms with E-state index < -0.39 is 0 Å². The van der Waals surface area contributed by atoms with Crippen LogP contribution in [0.15, 0.2) is 0 Å². The van der Waals surface area contributed by atoms with Gasteiger partial charge in [0.25, 0.3) is 0 Å². The fraction of sp³-hybridized carbons (Fsp3) is 0.960. The van der Waals surface area contributed by atoms with E-state index in [-0.39, 0.29) is 25.8 Å². The average molecular weight is 672 g/mol. The van der Waals surface area contributed by atoms with Gasteiger partial charge in [-0.05, 0) is 33.5 Å². The molecule has 1 aliphatic rings. The molecule has 248 valence electrons. The van der Waals surface area contributed by atoms with E-state index in [4.69, 9.17) is 25.8 Å². The number of aliphatic hydroxyl groups excluding tert-OH is 3. The van der Waals surface area contributed by atoms with Crippen molar-refractivity contribution in [3.8, 4) is 0 Å². The van der Waals surface area contributed by atoms with Crippen molar-refractivity contribution >= 4 is 33.5 Å². The lowest BCUT2D eigenvalue weighted by Gasteiger charge is -2.25. The minimum atomic E-state index is -0.104. The molecule has 0 radical (unpaired) electrons. The first-order valence-corrected chi connectivity index (χ1v) is 16.1. The van der Waals surface area contributed by atoms with E-state index in [1.165, 1.54) is 6.38 Å². The Balaban J connectivity index is -0.000000132. The number of rotatable bonds is 18. The quantitative estimate of drug-likeness (QED) is 0.0435. The smallest absolute Gasteiger partial charge is 0.320 e. The average Bonchev–Trinajstić information content (AvgIpc) is 3.00. The van der Waals surface area contributed by atoms with Crippen LogP contribution in [0.25, 0.3) is 0 Å². The largest absolute Gasteiger partial charge is 0.463 e. The third-order valence-corrected chi connectivity index (χ3v) is 4.69. The zero-order valence-corrected chi connectivity index (χ0v) is 28.5. The normalized spacial score (nSPS) is 12.1. The van der Waals surface area contributed by atoms with Crippen LogP contribution in [-0.2, 0) is 9.53 Å². The van der Waals surface area contributed by atoms with Crippen molar-refractivity contribution in [2.45, 2.75) is 6.92 Å². The van der Waals surface area contributed by atoms with Crippen molar-refractivity contribution in [2.75, 3.05) is 151 Å². The minimum Gasteiger partial charge on any atom is -0.463 e. The lowest BCUT2D eigenvalue weighted by atomic mass is 10.4. The molecule has 0 unspecified atom stereocenters. The maximum Gasteiger partial charge on any atom is 0.320 e. The summed E-state index contributed by atoms with van der Waals surface area (Å²) in [5.41, 5.74) is 5.13. The molecule has 0 atom stereocenters. The SMILES string of the molecule is CBr.CCN(CCO)CCNC.CCl.CNCCN1CCOC(=O)C1.CNCCNCCO.NCCNCCO. The van der Waals surface area contributed by atoms with Gasteiger partial charge in [0.1, 0.15) is 6.61 Å². The first kappa shape index (κ1) is 49.5. The Morgan fingerprint density at radius 3 is 1.85 bits per heavy atom. The first-order valence-electron chi connectivity index (χ1n) is 13.7. The molecule has 0 aromatic heterocycles. The molecular weight excluding hydrogens is 608 g/mol. The van der Waals surface area contributed by atoms with E-state index >= 15 is 0 Å². The maximum absolute atomic E-state index is 10.8. The van der Waals surface area contributed by atoms with Crippen LogP contribution in [0.5, 0.6) is 0 Å². The number of cyclic esters (lactones) is 1. The number of ether oxygens (including phenoxy) is 1. The second-order valence-electron chi connectivity index (χ2n) is 7.70. The predicted octanol–water partition coefficient (Wildman–Crippen LogP) is -2.23. The second-order valence-corrected chi connectivity index (χ2v) is 7.70. The number of nitrogens with two attached hydrogens (primary N) is 1. The lowest BCUT2D eigenvalue weighted by molar-refractivity contribution is -0.150. The number of esters is 1. The van der Waals surface area contributed by atoms with Gasteiger partial charge in [-0.25, -0.2) is 0 Å². The first-order chi connectivity index (χ1) is 19.5. The van der Waals surface area contributed by atoms with Gasteiger partial charge in [-0.3, -0.25) is 9.69 Å². The van der Waals surface area contributed by atoms with Crippen LogP contribution in [0.4, 0.5) is 0 Å². The van der Waals surface area contributed by atoms with Gasteiger partial charge in [0.05, 0.1) is 26.4 Å². The van der Waals surface area contributed by atoms with Crippen LogP contribution >= 0.6 is 27.5 Å². The van der Waals surface area contributed by atoms with E-state index in [1.54, 1.807) is 0 Å². The monoisotopic (exact) mass is 670 g/mol. The molecule has 1 fully saturated rings. The van der Waals surface area contributed by atoms with Gasteiger partial charge in [-0.2, -0.15) is 0 Å². The van der Waals surface area contributed by atoms with Crippen LogP contribution < -0.4 is 32.3 Å². The lowest BCUT2D eigenvalue weighted by Crippen LogP contribution is -2.42. The minimum absolute atomic E-state index is 0.104. The van der Waals surface area contributed by atoms with Gasteiger partial charge in [0, 0.05) is 84.9 Å². The fourth-order valence-electron chi connectivity index (χ4n) is 2.62. The highest BCUT2D eigenvalue weighted by atomic mass is 79.9. The van der Waals surface area contributed by atoms with E-state index in [2.05, 4.69) is 70.8 Å². The van der Waals surface area contributed by atoms with E-state index in [0.29, 0.717) is 32.8 Å². The molecule has 10 N–H and O–H groups in total. The zero-order chi connectivity index (χ0) is 31.7. The molecule has 1 rings (SSSR count). The highest BCUT2D eigenvalue weighted by Crippen LogP contribution is 1.96. The molecule has 0 aliphatic carbocycles. The summed E-state index contributed by atoms with van der Waals surface area (Å²) >= 11 is 7.58. The summed E-state index contributed by atoms with van der Waals surface area (Å²) in [6.07, 6.45) is 1.47. The molecule has 15 heteroatoms. The molecule has 13 nitrogen and oxygen atoms in total. The number of halogens is 2. The number of nitrogens with one attached hydrogen (secondary N) is 5. The van der Waals surface area contributed by atoms with E-state index in [0.717, 1.165) is 65.4 Å². The van der Waals surface area contributed by atoms with Crippen molar-refractivity contribution in [1.82, 2.24) is 36.4 Å². The molecule has 0 aromatic rings. The molecule has 1 heterocycles. The van der Waals surface area contributed by atoms with Gasteiger partial charge < -0.3 is 57.3 Å². The van der Waals surface area contributed by atoms with E-state index in [9.17, 15) is 4.79 Å². The fourth-order valence-corrected chi connectivity index (χ4v) is 2.62. The van der Waals surface area contributed by atoms with Crippen LogP contribution in [0, 0.1) is 0 Å². The number of morpholine rings is 1. The molecule has 1 aliphatic heterocycles. The Morgan fingerprint density at radius 1 is 0.875 bits per heavy atom. The summed E-state index contributed by atoms with van der Waals surface area (Å²) in [6, 6.07) is 0. The number of likely N-dealkylation sites (N-methyl/N-ethyl adjacent to an activating group) is 4.